The largest absolute Gasteiger partial charge is 0.459 e. The Kier molecular flexibility index (Phi) is 4.83. The highest BCUT2D eigenvalue weighted by Gasteiger charge is 2.42. The van der Waals surface area contributed by atoms with Gasteiger partial charge in [-0.05, 0) is 73.7 Å². The van der Waals surface area contributed by atoms with E-state index in [0.29, 0.717) is 0 Å². The molecule has 0 radical (unpaired) electrons. The topological polar surface area (TPSA) is 50.8 Å². The molecule has 5 nitrogen and oxygen atoms in total. The van der Waals surface area contributed by atoms with Crippen LogP contribution in [0.25, 0.3) is 11.1 Å². The molecule has 3 aliphatic rings. The molecule has 1 N–H and O–H groups in total. The highest BCUT2D eigenvalue weighted by molar-refractivity contribution is 5.89. The molecule has 2 heterocycles. The Balaban J connectivity index is 1.64. The highest BCUT2D eigenvalue weighted by atomic mass is 16.6. The Morgan fingerprint density at radius 1 is 1.13 bits per heavy atom. The fourth-order valence-electron chi connectivity index (χ4n) is 5.07. The second-order valence-electron chi connectivity index (χ2n) is 9.45. The zero-order valence-corrected chi connectivity index (χ0v) is 18.0. The average molecular weight is 407 g/mol. The minimum absolute atomic E-state index is 0.0489. The lowest BCUT2D eigenvalue weighted by Gasteiger charge is -2.41. The van der Waals surface area contributed by atoms with Gasteiger partial charge in [0.05, 0.1) is 19.3 Å². The first-order valence-electron chi connectivity index (χ1n) is 11.0. The Bertz CT molecular complexity index is 973. The van der Waals surface area contributed by atoms with E-state index in [9.17, 15) is 4.79 Å². The number of carbonyl (C=O) groups excluding carboxylic acids is 1. The van der Waals surface area contributed by atoms with Crippen LogP contribution < -0.4 is 10.2 Å². The SMILES string of the molecule is CC(C)(C)OC(=O)C1c2ccccc2-c2cc(N3CCOCC3)cc3c2C1NCC3. The summed E-state index contributed by atoms with van der Waals surface area (Å²) in [5.74, 6) is -0.482. The van der Waals surface area contributed by atoms with Gasteiger partial charge >= 0.3 is 5.97 Å². The van der Waals surface area contributed by atoms with Crippen LogP contribution in [-0.4, -0.2) is 44.4 Å². The van der Waals surface area contributed by atoms with E-state index in [1.807, 2.05) is 26.8 Å². The second kappa shape index (κ2) is 7.40. The second-order valence-corrected chi connectivity index (χ2v) is 9.45. The van der Waals surface area contributed by atoms with Crippen molar-refractivity contribution in [2.24, 2.45) is 0 Å². The number of morpholine rings is 1. The summed E-state index contributed by atoms with van der Waals surface area (Å²) in [5, 5.41) is 3.64. The van der Waals surface area contributed by atoms with Gasteiger partial charge in [-0.3, -0.25) is 4.79 Å². The standard InChI is InChI=1S/C25H30N2O3/c1-25(2,3)30-24(28)22-19-7-5-4-6-18(19)20-15-17(27-10-12-29-13-11-27)14-16-8-9-26-23(22)21(16)20/h4-7,14-15,22-23,26H,8-13H2,1-3H3. The van der Waals surface area contributed by atoms with Gasteiger partial charge in [-0.15, -0.1) is 0 Å². The number of nitrogens with zero attached hydrogens (tertiary/aromatic N) is 1. The molecule has 158 valence electrons. The van der Waals surface area contributed by atoms with Gasteiger partial charge in [0.15, 0.2) is 0 Å². The molecular weight excluding hydrogens is 376 g/mol. The predicted molar refractivity (Wildman–Crippen MR) is 118 cm³/mol. The number of fused-ring (bicyclic) bond motifs is 2. The van der Waals surface area contributed by atoms with E-state index in [-0.39, 0.29) is 17.9 Å². The summed E-state index contributed by atoms with van der Waals surface area (Å²) in [4.78, 5) is 15.7. The molecule has 2 unspecified atom stereocenters. The van der Waals surface area contributed by atoms with Crippen LogP contribution in [0, 0.1) is 0 Å². The van der Waals surface area contributed by atoms with Gasteiger partial charge in [0.2, 0.25) is 0 Å². The molecule has 30 heavy (non-hydrogen) atoms. The van der Waals surface area contributed by atoms with Crippen LogP contribution in [0.15, 0.2) is 36.4 Å². The van der Waals surface area contributed by atoms with Crippen molar-refractivity contribution in [3.63, 3.8) is 0 Å². The van der Waals surface area contributed by atoms with Crippen LogP contribution in [-0.2, 0) is 20.7 Å². The fraction of sp³-hybridized carbons (Fsp3) is 0.480. The summed E-state index contributed by atoms with van der Waals surface area (Å²) in [6.07, 6.45) is 0.972. The zero-order valence-electron chi connectivity index (χ0n) is 18.0. The van der Waals surface area contributed by atoms with Gasteiger partial charge in [0, 0.05) is 18.8 Å². The molecule has 0 saturated carbocycles. The molecule has 1 fully saturated rings. The first-order chi connectivity index (χ1) is 14.4. The molecule has 1 aliphatic carbocycles. The van der Waals surface area contributed by atoms with Crippen LogP contribution in [0.2, 0.25) is 0 Å². The van der Waals surface area contributed by atoms with Crippen molar-refractivity contribution in [2.75, 3.05) is 37.7 Å². The van der Waals surface area contributed by atoms with Crippen molar-refractivity contribution in [1.82, 2.24) is 5.32 Å². The summed E-state index contributed by atoms with van der Waals surface area (Å²) in [5.41, 5.74) is 6.83. The summed E-state index contributed by atoms with van der Waals surface area (Å²) in [7, 11) is 0. The fourth-order valence-corrected chi connectivity index (χ4v) is 5.07. The Morgan fingerprint density at radius 3 is 2.67 bits per heavy atom. The molecule has 5 rings (SSSR count). The number of hydrogen-bond donors (Lipinski definition) is 1. The van der Waals surface area contributed by atoms with Gasteiger partial charge in [0.1, 0.15) is 11.5 Å². The summed E-state index contributed by atoms with van der Waals surface area (Å²) < 4.78 is 11.4. The molecule has 5 heteroatoms. The summed E-state index contributed by atoms with van der Waals surface area (Å²) in [6.45, 7) is 10.0. The summed E-state index contributed by atoms with van der Waals surface area (Å²) >= 11 is 0. The minimum Gasteiger partial charge on any atom is -0.459 e. The van der Waals surface area contributed by atoms with E-state index < -0.39 is 5.60 Å². The van der Waals surface area contributed by atoms with E-state index in [1.165, 1.54) is 22.4 Å². The maximum Gasteiger partial charge on any atom is 0.315 e. The van der Waals surface area contributed by atoms with Crippen molar-refractivity contribution in [3.8, 4) is 11.1 Å². The number of esters is 1. The molecular formula is C25H30N2O3. The maximum absolute atomic E-state index is 13.3. The van der Waals surface area contributed by atoms with Crippen molar-refractivity contribution in [2.45, 2.75) is 44.8 Å². The molecule has 2 aromatic carbocycles. The minimum atomic E-state index is -0.510. The number of carbonyl (C=O) groups is 1. The third-order valence-corrected chi connectivity index (χ3v) is 6.28. The van der Waals surface area contributed by atoms with Crippen LogP contribution in [0.3, 0.4) is 0 Å². The Hall–Kier alpha value is -2.37. The highest BCUT2D eigenvalue weighted by Crippen LogP contribution is 2.50. The monoisotopic (exact) mass is 406 g/mol. The van der Waals surface area contributed by atoms with Gasteiger partial charge in [-0.25, -0.2) is 0 Å². The normalized spacial score (nSPS) is 22.8. The Morgan fingerprint density at radius 2 is 1.90 bits per heavy atom. The van der Waals surface area contributed by atoms with Crippen LogP contribution >= 0.6 is 0 Å². The molecule has 0 aromatic heterocycles. The van der Waals surface area contributed by atoms with E-state index in [0.717, 1.165) is 50.4 Å². The van der Waals surface area contributed by atoms with Gasteiger partial charge in [-0.2, -0.15) is 0 Å². The molecule has 0 spiro atoms. The molecule has 1 saturated heterocycles. The van der Waals surface area contributed by atoms with E-state index in [1.54, 1.807) is 0 Å². The number of benzene rings is 2. The first-order valence-corrected chi connectivity index (χ1v) is 11.0. The van der Waals surface area contributed by atoms with Crippen LogP contribution in [0.4, 0.5) is 5.69 Å². The predicted octanol–water partition coefficient (Wildman–Crippen LogP) is 3.82. The van der Waals surface area contributed by atoms with E-state index in [4.69, 9.17) is 9.47 Å². The smallest absolute Gasteiger partial charge is 0.315 e. The molecule has 2 aromatic rings. The quantitative estimate of drug-likeness (QED) is 0.769. The van der Waals surface area contributed by atoms with Crippen molar-refractivity contribution >= 4 is 11.7 Å². The molecule has 2 aliphatic heterocycles. The molecule has 0 amide bonds. The van der Waals surface area contributed by atoms with Crippen molar-refractivity contribution in [3.05, 3.63) is 53.1 Å². The van der Waals surface area contributed by atoms with Gasteiger partial charge in [0.25, 0.3) is 0 Å². The van der Waals surface area contributed by atoms with Gasteiger partial charge < -0.3 is 19.7 Å². The summed E-state index contributed by atoms with van der Waals surface area (Å²) in [6, 6.07) is 12.9. The van der Waals surface area contributed by atoms with Gasteiger partial charge in [-0.1, -0.05) is 24.3 Å². The van der Waals surface area contributed by atoms with Crippen molar-refractivity contribution < 1.29 is 14.3 Å². The number of hydrogen-bond acceptors (Lipinski definition) is 5. The molecule has 2 atom stereocenters. The van der Waals surface area contributed by atoms with Crippen LogP contribution in [0.1, 0.15) is 49.4 Å². The van der Waals surface area contributed by atoms with E-state index >= 15 is 0 Å². The first kappa shape index (κ1) is 19.6. The lowest BCUT2D eigenvalue weighted by molar-refractivity contribution is -0.157. The molecule has 0 bridgehead atoms. The van der Waals surface area contributed by atoms with E-state index in [2.05, 4.69) is 40.5 Å². The number of nitrogens with one attached hydrogen (secondary N) is 1. The number of rotatable bonds is 2. The Labute approximate surface area is 178 Å². The zero-order chi connectivity index (χ0) is 20.9. The third kappa shape index (κ3) is 3.40. The van der Waals surface area contributed by atoms with Crippen molar-refractivity contribution in [1.29, 1.82) is 0 Å². The number of anilines is 1. The lowest BCUT2D eigenvalue weighted by Crippen LogP contribution is -2.42. The third-order valence-electron chi connectivity index (χ3n) is 6.28. The maximum atomic E-state index is 13.3. The van der Waals surface area contributed by atoms with Crippen LogP contribution in [0.5, 0.6) is 0 Å². The number of ether oxygens (including phenoxy) is 2. The average Bonchev–Trinajstić information content (AvgIpc) is 2.73. The lowest BCUT2D eigenvalue weighted by atomic mass is 9.71.